The Hall–Kier alpha value is -1.84. The zero-order valence-corrected chi connectivity index (χ0v) is 11.1. The number of amides is 1. The van der Waals surface area contributed by atoms with Crippen LogP contribution in [0.1, 0.15) is 10.4 Å². The maximum atomic E-state index is 11.6. The molecule has 1 aromatic rings. The molecule has 0 fully saturated rings. The minimum Gasteiger partial charge on any atom is -0.394 e. The van der Waals surface area contributed by atoms with Gasteiger partial charge in [-0.1, -0.05) is 18.2 Å². The highest BCUT2D eigenvalue weighted by atomic mass is 16.4. The van der Waals surface area contributed by atoms with Gasteiger partial charge in [-0.25, -0.2) is 5.43 Å². The fourth-order valence-corrected chi connectivity index (χ4v) is 1.45. The van der Waals surface area contributed by atoms with Crippen molar-refractivity contribution < 1.29 is 30.3 Å². The molecule has 0 spiro atoms. The topological polar surface area (TPSA) is 143 Å². The molecule has 4 unspecified atom stereocenters. The van der Waals surface area contributed by atoms with Crippen LogP contribution in [0.5, 0.6) is 0 Å². The van der Waals surface area contributed by atoms with Gasteiger partial charge in [0.2, 0.25) is 0 Å². The Labute approximate surface area is 121 Å². The molecule has 21 heavy (non-hydrogen) atoms. The maximum Gasteiger partial charge on any atom is 0.271 e. The van der Waals surface area contributed by atoms with Gasteiger partial charge in [-0.15, -0.1) is 0 Å². The minimum atomic E-state index is -1.76. The summed E-state index contributed by atoms with van der Waals surface area (Å²) in [5.41, 5.74) is 2.49. The molecule has 1 aromatic carbocycles. The highest BCUT2D eigenvalue weighted by molar-refractivity contribution is 5.94. The van der Waals surface area contributed by atoms with Crippen LogP contribution in [0.3, 0.4) is 0 Å². The van der Waals surface area contributed by atoms with Crippen LogP contribution in [-0.4, -0.2) is 68.7 Å². The summed E-state index contributed by atoms with van der Waals surface area (Å²) in [4.78, 5) is 11.6. The van der Waals surface area contributed by atoms with Crippen LogP contribution < -0.4 is 5.43 Å². The molecule has 4 atom stereocenters. The van der Waals surface area contributed by atoms with Crippen LogP contribution >= 0.6 is 0 Å². The molecule has 0 aromatic heterocycles. The number of carbonyl (C=O) groups excluding carboxylic acids is 1. The van der Waals surface area contributed by atoms with Gasteiger partial charge in [0, 0.05) is 5.56 Å². The average Bonchev–Trinajstić information content (AvgIpc) is 2.53. The third-order valence-electron chi connectivity index (χ3n) is 2.71. The second-order valence-electron chi connectivity index (χ2n) is 4.31. The largest absolute Gasteiger partial charge is 0.394 e. The summed E-state index contributed by atoms with van der Waals surface area (Å²) in [5.74, 6) is -0.510. The number of rotatable bonds is 7. The number of aliphatic hydroxyl groups is 5. The molecule has 0 heterocycles. The van der Waals surface area contributed by atoms with E-state index in [0.717, 1.165) is 6.21 Å². The molecule has 0 aliphatic heterocycles. The Morgan fingerprint density at radius 2 is 1.76 bits per heavy atom. The number of hydrogen-bond donors (Lipinski definition) is 6. The smallest absolute Gasteiger partial charge is 0.271 e. The molecule has 0 bridgehead atoms. The van der Waals surface area contributed by atoms with Gasteiger partial charge < -0.3 is 25.5 Å². The first kappa shape index (κ1) is 17.2. The van der Waals surface area contributed by atoms with Gasteiger partial charge in [0.05, 0.1) is 12.8 Å². The lowest BCUT2D eigenvalue weighted by Crippen LogP contribution is -2.46. The first-order chi connectivity index (χ1) is 9.97. The lowest BCUT2D eigenvalue weighted by atomic mass is 10.0. The number of hydrogen-bond acceptors (Lipinski definition) is 7. The summed E-state index contributed by atoms with van der Waals surface area (Å²) < 4.78 is 0. The van der Waals surface area contributed by atoms with Crippen molar-refractivity contribution in [3.05, 3.63) is 35.9 Å². The molecule has 0 saturated heterocycles. The normalized spacial score (nSPS) is 17.2. The third-order valence-corrected chi connectivity index (χ3v) is 2.71. The van der Waals surface area contributed by atoms with Crippen LogP contribution in [0.2, 0.25) is 0 Å². The van der Waals surface area contributed by atoms with Crippen molar-refractivity contribution in [3.63, 3.8) is 0 Å². The number of benzene rings is 1. The summed E-state index contributed by atoms with van der Waals surface area (Å²) in [5, 5.41) is 49.6. The molecule has 116 valence electrons. The molecule has 0 aliphatic carbocycles. The van der Waals surface area contributed by atoms with E-state index in [-0.39, 0.29) is 0 Å². The van der Waals surface area contributed by atoms with Gasteiger partial charge in [-0.3, -0.25) is 4.79 Å². The number of hydrazone groups is 1. The Bertz CT molecular complexity index is 467. The molecule has 8 nitrogen and oxygen atoms in total. The molecule has 1 rings (SSSR count). The predicted molar refractivity (Wildman–Crippen MR) is 73.5 cm³/mol. The zero-order chi connectivity index (χ0) is 15.8. The summed E-state index contributed by atoms with van der Waals surface area (Å²) in [7, 11) is 0. The SMILES string of the molecule is O=C(N/N=C\C(O)C(O)C(O)C(O)CO)c1ccccc1. The lowest BCUT2D eigenvalue weighted by molar-refractivity contribution is -0.0999. The Kier molecular flexibility index (Phi) is 6.92. The van der Waals surface area contributed by atoms with Crippen LogP contribution in [0.25, 0.3) is 0 Å². The van der Waals surface area contributed by atoms with E-state index in [9.17, 15) is 20.1 Å². The van der Waals surface area contributed by atoms with Gasteiger partial charge in [-0.05, 0) is 12.1 Å². The molecule has 0 aliphatic rings. The third kappa shape index (κ3) is 5.21. The lowest BCUT2D eigenvalue weighted by Gasteiger charge is -2.23. The van der Waals surface area contributed by atoms with Crippen molar-refractivity contribution in [2.24, 2.45) is 5.10 Å². The van der Waals surface area contributed by atoms with E-state index in [1.165, 1.54) is 0 Å². The van der Waals surface area contributed by atoms with E-state index in [0.29, 0.717) is 5.56 Å². The van der Waals surface area contributed by atoms with E-state index >= 15 is 0 Å². The standard InChI is InChI=1S/C13H18N2O6/c16-7-10(18)12(20)11(19)9(17)6-14-15-13(21)8-4-2-1-3-5-8/h1-6,9-12,16-20H,7H2,(H,15,21)/b14-6-. The van der Waals surface area contributed by atoms with E-state index in [4.69, 9.17) is 10.2 Å². The van der Waals surface area contributed by atoms with E-state index < -0.39 is 36.9 Å². The van der Waals surface area contributed by atoms with E-state index in [1.807, 2.05) is 0 Å². The number of aliphatic hydroxyl groups excluding tert-OH is 5. The average molecular weight is 298 g/mol. The highest BCUT2D eigenvalue weighted by Crippen LogP contribution is 2.03. The van der Waals surface area contributed by atoms with Crippen molar-refractivity contribution in [2.45, 2.75) is 24.4 Å². The monoisotopic (exact) mass is 298 g/mol. The van der Waals surface area contributed by atoms with Crippen LogP contribution in [-0.2, 0) is 0 Å². The highest BCUT2D eigenvalue weighted by Gasteiger charge is 2.29. The van der Waals surface area contributed by atoms with Crippen molar-refractivity contribution in [1.82, 2.24) is 5.43 Å². The number of nitrogens with one attached hydrogen (secondary N) is 1. The molecule has 1 amide bonds. The molecule has 0 radical (unpaired) electrons. The van der Waals surface area contributed by atoms with Crippen LogP contribution in [0.4, 0.5) is 0 Å². The van der Waals surface area contributed by atoms with Crippen molar-refractivity contribution in [3.8, 4) is 0 Å². The molecule has 8 heteroatoms. The minimum absolute atomic E-state index is 0.362. The van der Waals surface area contributed by atoms with E-state index in [1.54, 1.807) is 30.3 Å². The summed E-state index contributed by atoms with van der Waals surface area (Å²) >= 11 is 0. The Morgan fingerprint density at radius 1 is 1.14 bits per heavy atom. The first-order valence-corrected chi connectivity index (χ1v) is 6.19. The number of carbonyl (C=O) groups is 1. The summed E-state index contributed by atoms with van der Waals surface area (Å²) in [6.07, 6.45) is -5.93. The van der Waals surface area contributed by atoms with Crippen LogP contribution in [0, 0.1) is 0 Å². The van der Waals surface area contributed by atoms with E-state index in [2.05, 4.69) is 10.5 Å². The first-order valence-electron chi connectivity index (χ1n) is 6.19. The molecular weight excluding hydrogens is 280 g/mol. The second-order valence-corrected chi connectivity index (χ2v) is 4.31. The van der Waals surface area contributed by atoms with Crippen molar-refractivity contribution >= 4 is 12.1 Å². The fraction of sp³-hybridized carbons (Fsp3) is 0.385. The summed E-state index contributed by atoms with van der Waals surface area (Å²) in [6, 6.07) is 8.22. The van der Waals surface area contributed by atoms with Crippen molar-refractivity contribution in [1.29, 1.82) is 0 Å². The van der Waals surface area contributed by atoms with Gasteiger partial charge >= 0.3 is 0 Å². The van der Waals surface area contributed by atoms with Gasteiger partial charge in [0.25, 0.3) is 5.91 Å². The number of nitrogens with zero attached hydrogens (tertiary/aromatic N) is 1. The second kappa shape index (κ2) is 8.45. The Balaban J connectivity index is 2.51. The summed E-state index contributed by atoms with van der Waals surface area (Å²) in [6.45, 7) is -0.771. The maximum absolute atomic E-state index is 11.6. The van der Waals surface area contributed by atoms with Gasteiger partial charge in [-0.2, -0.15) is 5.10 Å². The quantitative estimate of drug-likeness (QED) is 0.250. The fourth-order valence-electron chi connectivity index (χ4n) is 1.45. The molecular formula is C13H18N2O6. The molecule has 6 N–H and O–H groups in total. The van der Waals surface area contributed by atoms with Gasteiger partial charge in [0.15, 0.2) is 0 Å². The zero-order valence-electron chi connectivity index (χ0n) is 11.1. The van der Waals surface area contributed by atoms with Crippen LogP contribution in [0.15, 0.2) is 35.4 Å². The predicted octanol–water partition coefficient (Wildman–Crippen LogP) is -2.16. The Morgan fingerprint density at radius 3 is 2.33 bits per heavy atom. The molecule has 0 saturated carbocycles. The van der Waals surface area contributed by atoms with Crippen molar-refractivity contribution in [2.75, 3.05) is 6.61 Å². The van der Waals surface area contributed by atoms with Gasteiger partial charge in [0.1, 0.15) is 24.4 Å².